The largest absolute Gasteiger partial charge is 0.544 e. The van der Waals surface area contributed by atoms with Gasteiger partial charge >= 0.3 is 6.18 Å². The van der Waals surface area contributed by atoms with Gasteiger partial charge in [0.25, 0.3) is 0 Å². The minimum absolute atomic E-state index is 0.0421. The summed E-state index contributed by atoms with van der Waals surface area (Å²) < 4.78 is 42.7. The maximum Gasteiger partial charge on any atom is 0.407 e. The number of benzene rings is 1. The van der Waals surface area contributed by atoms with Crippen molar-refractivity contribution in [3.8, 4) is 5.75 Å². The Labute approximate surface area is 99.7 Å². The van der Waals surface area contributed by atoms with Gasteiger partial charge in [0.2, 0.25) is 8.32 Å². The normalized spacial score (nSPS) is 14.5. The molecule has 2 nitrogen and oxygen atoms in total. The van der Waals surface area contributed by atoms with Gasteiger partial charge in [0, 0.05) is 0 Å². The molecule has 0 unspecified atom stereocenters. The Morgan fingerprint density at radius 3 is 1.94 bits per heavy atom. The van der Waals surface area contributed by atoms with Crippen molar-refractivity contribution >= 4 is 8.32 Å². The molecule has 0 aliphatic rings. The van der Waals surface area contributed by atoms with Crippen LogP contribution in [0.1, 0.15) is 11.6 Å². The molecule has 0 aliphatic heterocycles. The molecule has 17 heavy (non-hydrogen) atoms. The predicted molar refractivity (Wildman–Crippen MR) is 63.4 cm³/mol. The molecule has 96 valence electrons. The molecule has 0 aromatic heterocycles. The van der Waals surface area contributed by atoms with Gasteiger partial charge in [-0.2, -0.15) is 13.2 Å². The standard InChI is InChI=1S/C11H16F3NOSi/c1-17(2,3)16-9-6-4-8(5-7-9)10(15)11(12,13)14/h4-7,10H,15H2,1-3H3/t10-/m1/s1. The third-order valence-corrected chi connectivity index (χ3v) is 2.86. The molecule has 0 fully saturated rings. The lowest BCUT2D eigenvalue weighted by Gasteiger charge is -2.20. The number of halogens is 3. The average molecular weight is 263 g/mol. The lowest BCUT2D eigenvalue weighted by atomic mass is 10.1. The van der Waals surface area contributed by atoms with E-state index >= 15 is 0 Å². The molecule has 0 aliphatic carbocycles. The topological polar surface area (TPSA) is 35.2 Å². The first-order valence-corrected chi connectivity index (χ1v) is 8.62. The van der Waals surface area contributed by atoms with E-state index in [1.807, 2.05) is 19.6 Å². The van der Waals surface area contributed by atoms with Crippen molar-refractivity contribution in [2.75, 3.05) is 0 Å². The maximum absolute atomic E-state index is 12.4. The van der Waals surface area contributed by atoms with Crippen molar-refractivity contribution in [2.45, 2.75) is 31.9 Å². The van der Waals surface area contributed by atoms with E-state index in [1.54, 1.807) is 0 Å². The van der Waals surface area contributed by atoms with Crippen molar-refractivity contribution in [2.24, 2.45) is 5.73 Å². The third kappa shape index (κ3) is 4.39. The van der Waals surface area contributed by atoms with Crippen molar-refractivity contribution < 1.29 is 17.6 Å². The van der Waals surface area contributed by atoms with Gasteiger partial charge in [0.1, 0.15) is 11.8 Å². The quantitative estimate of drug-likeness (QED) is 0.848. The average Bonchev–Trinajstić information content (AvgIpc) is 2.14. The number of alkyl halides is 3. The minimum atomic E-state index is -4.42. The Balaban J connectivity index is 2.82. The molecule has 1 atom stereocenters. The Kier molecular flexibility index (Phi) is 3.88. The molecule has 1 aromatic rings. The zero-order chi connectivity index (χ0) is 13.3. The van der Waals surface area contributed by atoms with Crippen LogP contribution in [0.25, 0.3) is 0 Å². The van der Waals surface area contributed by atoms with Gasteiger partial charge < -0.3 is 10.2 Å². The molecule has 0 bridgehead atoms. The van der Waals surface area contributed by atoms with Gasteiger partial charge in [-0.1, -0.05) is 12.1 Å². The summed E-state index contributed by atoms with van der Waals surface area (Å²) in [5, 5.41) is 0. The first-order chi connectivity index (χ1) is 7.59. The SMILES string of the molecule is C[Si](C)(C)Oc1ccc([C@@H](N)C(F)(F)F)cc1. The highest BCUT2D eigenvalue weighted by Gasteiger charge is 2.37. The Bertz CT molecular complexity index is 370. The smallest absolute Gasteiger partial charge is 0.407 e. The van der Waals surface area contributed by atoms with Crippen LogP contribution in [0, 0.1) is 0 Å². The molecule has 0 heterocycles. The van der Waals surface area contributed by atoms with E-state index in [-0.39, 0.29) is 5.56 Å². The Hall–Kier alpha value is -1.01. The Morgan fingerprint density at radius 1 is 1.12 bits per heavy atom. The lowest BCUT2D eigenvalue weighted by Crippen LogP contribution is -2.30. The molecule has 0 radical (unpaired) electrons. The molecule has 6 heteroatoms. The van der Waals surface area contributed by atoms with E-state index in [1.165, 1.54) is 24.3 Å². The molecule has 2 N–H and O–H groups in total. The number of hydrogen-bond acceptors (Lipinski definition) is 2. The lowest BCUT2D eigenvalue weighted by molar-refractivity contribution is -0.149. The summed E-state index contributed by atoms with van der Waals surface area (Å²) in [5.41, 5.74) is 5.13. The first-order valence-electron chi connectivity index (χ1n) is 5.21. The number of rotatable bonds is 3. The van der Waals surface area contributed by atoms with Crippen molar-refractivity contribution in [3.63, 3.8) is 0 Å². The van der Waals surface area contributed by atoms with E-state index in [2.05, 4.69) is 0 Å². The summed E-state index contributed by atoms with van der Waals surface area (Å²) in [5.74, 6) is 0.585. The van der Waals surface area contributed by atoms with Gasteiger partial charge in [-0.15, -0.1) is 0 Å². The fraction of sp³-hybridized carbons (Fsp3) is 0.455. The number of hydrogen-bond donors (Lipinski definition) is 1. The zero-order valence-electron chi connectivity index (χ0n) is 10.0. The molecule has 1 aromatic carbocycles. The fourth-order valence-electron chi connectivity index (χ4n) is 1.29. The van der Waals surface area contributed by atoms with Gasteiger partial charge in [0.15, 0.2) is 0 Å². The van der Waals surface area contributed by atoms with Crippen LogP contribution in [-0.2, 0) is 0 Å². The molecule has 1 rings (SSSR count). The highest BCUT2D eigenvalue weighted by molar-refractivity contribution is 6.70. The van der Waals surface area contributed by atoms with E-state index in [9.17, 15) is 13.2 Å². The molecule has 0 spiro atoms. The van der Waals surface area contributed by atoms with Crippen molar-refractivity contribution in [1.82, 2.24) is 0 Å². The van der Waals surface area contributed by atoms with Crippen molar-refractivity contribution in [1.29, 1.82) is 0 Å². The van der Waals surface area contributed by atoms with Crippen LogP contribution in [0.15, 0.2) is 24.3 Å². The van der Waals surface area contributed by atoms with Crippen LogP contribution < -0.4 is 10.2 Å². The van der Waals surface area contributed by atoms with Crippen LogP contribution in [-0.4, -0.2) is 14.5 Å². The first kappa shape index (κ1) is 14.0. The molecular formula is C11H16F3NOSi. The van der Waals surface area contributed by atoms with Gasteiger partial charge in [-0.05, 0) is 37.3 Å². The highest BCUT2D eigenvalue weighted by Crippen LogP contribution is 2.31. The monoisotopic (exact) mass is 263 g/mol. The van der Waals surface area contributed by atoms with E-state index in [0.717, 1.165) is 0 Å². The zero-order valence-corrected chi connectivity index (χ0v) is 11.0. The van der Waals surface area contributed by atoms with Gasteiger partial charge in [-0.25, -0.2) is 0 Å². The van der Waals surface area contributed by atoms with Gasteiger partial charge in [-0.3, -0.25) is 0 Å². The molecule has 0 saturated carbocycles. The van der Waals surface area contributed by atoms with Crippen LogP contribution in [0.2, 0.25) is 19.6 Å². The van der Waals surface area contributed by atoms with Crippen LogP contribution in [0.5, 0.6) is 5.75 Å². The second-order valence-corrected chi connectivity index (χ2v) is 9.23. The Morgan fingerprint density at radius 2 is 1.59 bits per heavy atom. The minimum Gasteiger partial charge on any atom is -0.544 e. The van der Waals surface area contributed by atoms with E-state index in [4.69, 9.17) is 10.2 Å². The second-order valence-electron chi connectivity index (χ2n) is 4.80. The summed E-state index contributed by atoms with van der Waals surface area (Å²) in [6.45, 7) is 6.01. The predicted octanol–water partition coefficient (Wildman–Crippen LogP) is 3.46. The summed E-state index contributed by atoms with van der Waals surface area (Å²) in [6.07, 6.45) is -4.42. The fourth-order valence-corrected chi connectivity index (χ4v) is 2.13. The molecule has 0 saturated heterocycles. The summed E-state index contributed by atoms with van der Waals surface area (Å²) in [7, 11) is -1.73. The molecule has 0 amide bonds. The van der Waals surface area contributed by atoms with Crippen LogP contribution in [0.4, 0.5) is 13.2 Å². The van der Waals surface area contributed by atoms with E-state index in [0.29, 0.717) is 5.75 Å². The van der Waals surface area contributed by atoms with Crippen molar-refractivity contribution in [3.05, 3.63) is 29.8 Å². The highest BCUT2D eigenvalue weighted by atomic mass is 28.4. The third-order valence-electron chi connectivity index (χ3n) is 2.02. The maximum atomic E-state index is 12.4. The van der Waals surface area contributed by atoms with Crippen LogP contribution in [0.3, 0.4) is 0 Å². The summed E-state index contributed by atoms with van der Waals surface area (Å²) in [6, 6.07) is 3.82. The summed E-state index contributed by atoms with van der Waals surface area (Å²) >= 11 is 0. The van der Waals surface area contributed by atoms with Crippen LogP contribution >= 0.6 is 0 Å². The van der Waals surface area contributed by atoms with E-state index < -0.39 is 20.5 Å². The second kappa shape index (κ2) is 4.70. The molecular weight excluding hydrogens is 247 g/mol. The number of nitrogens with two attached hydrogens (primary N) is 1. The van der Waals surface area contributed by atoms with Gasteiger partial charge in [0.05, 0.1) is 0 Å². The summed E-state index contributed by atoms with van der Waals surface area (Å²) in [4.78, 5) is 0.